The number of halogens is 2. The highest BCUT2D eigenvalue weighted by Crippen LogP contribution is 2.31. The molecule has 1 heterocycles. The van der Waals surface area contributed by atoms with E-state index in [0.29, 0.717) is 0 Å². The second-order valence-electron chi connectivity index (χ2n) is 4.79. The Balaban J connectivity index is 2.46. The number of carbonyl (C=O) groups is 3. The molecule has 7 heteroatoms. The van der Waals surface area contributed by atoms with E-state index in [1.807, 2.05) is 0 Å². The number of rotatable bonds is 2. The van der Waals surface area contributed by atoms with E-state index in [2.05, 4.69) is 27.9 Å². The Morgan fingerprint density at radius 2 is 1.95 bits per heavy atom. The van der Waals surface area contributed by atoms with E-state index < -0.39 is 23.8 Å². The highest BCUT2D eigenvalue weighted by atomic mass is 127. The third kappa shape index (κ3) is 2.67. The summed E-state index contributed by atoms with van der Waals surface area (Å²) in [7, 11) is 0. The van der Waals surface area contributed by atoms with Crippen molar-refractivity contribution >= 4 is 57.7 Å². The van der Waals surface area contributed by atoms with Crippen LogP contribution in [0.25, 0.3) is 0 Å². The van der Waals surface area contributed by atoms with Gasteiger partial charge in [0.25, 0.3) is 0 Å². The van der Waals surface area contributed by atoms with Crippen molar-refractivity contribution in [3.63, 3.8) is 0 Å². The molecule has 0 spiro atoms. The minimum atomic E-state index is -0.886. The first-order valence-electron chi connectivity index (χ1n) is 5.96. The molecule has 1 aromatic carbocycles. The van der Waals surface area contributed by atoms with Gasteiger partial charge in [-0.2, -0.15) is 0 Å². The number of carbonyl (C=O) groups excluding carboxylic acids is 3. The molecule has 1 N–H and O–H groups in total. The second-order valence-corrected chi connectivity index (χ2v) is 6.44. The lowest BCUT2D eigenvalue weighted by Crippen LogP contribution is -2.59. The molecule has 5 nitrogen and oxygen atoms in total. The molecular weight excluding hydrogens is 395 g/mol. The zero-order valence-electron chi connectivity index (χ0n) is 10.8. The largest absolute Gasteiger partial charge is 0.335 e. The molecule has 1 aliphatic rings. The average Bonchev–Trinajstić information content (AvgIpc) is 2.30. The number of amides is 4. The topological polar surface area (TPSA) is 66.5 Å². The van der Waals surface area contributed by atoms with Crippen molar-refractivity contribution in [2.75, 3.05) is 4.90 Å². The van der Waals surface area contributed by atoms with E-state index in [1.165, 1.54) is 0 Å². The molecule has 0 aliphatic carbocycles. The van der Waals surface area contributed by atoms with E-state index >= 15 is 0 Å². The number of nitrogens with zero attached hydrogens (tertiary/aromatic N) is 1. The first-order chi connectivity index (χ1) is 9.32. The van der Waals surface area contributed by atoms with Gasteiger partial charge in [-0.25, -0.2) is 9.69 Å². The number of hydrogen-bond donors (Lipinski definition) is 1. The van der Waals surface area contributed by atoms with Crippen molar-refractivity contribution in [1.29, 1.82) is 0 Å². The SMILES string of the molecule is CC(C)C1C(=O)NC(=O)N(c2ccc(I)cc2Cl)C1=O. The van der Waals surface area contributed by atoms with E-state index in [-0.39, 0.29) is 16.6 Å². The van der Waals surface area contributed by atoms with E-state index in [1.54, 1.807) is 32.0 Å². The number of barbiturate groups is 1. The fourth-order valence-electron chi connectivity index (χ4n) is 2.07. The summed E-state index contributed by atoms with van der Waals surface area (Å²) in [4.78, 5) is 37.0. The first-order valence-corrected chi connectivity index (χ1v) is 7.42. The lowest BCUT2D eigenvalue weighted by Gasteiger charge is -2.32. The zero-order chi connectivity index (χ0) is 15.0. The van der Waals surface area contributed by atoms with Gasteiger partial charge in [-0.05, 0) is 46.7 Å². The van der Waals surface area contributed by atoms with Crippen LogP contribution in [0.4, 0.5) is 10.5 Å². The molecule has 1 aromatic rings. The summed E-state index contributed by atoms with van der Waals surface area (Å²) in [6.07, 6.45) is 0. The predicted molar refractivity (Wildman–Crippen MR) is 83.5 cm³/mol. The van der Waals surface area contributed by atoms with E-state index in [0.717, 1.165) is 8.47 Å². The maximum absolute atomic E-state index is 12.4. The minimum absolute atomic E-state index is 0.208. The van der Waals surface area contributed by atoms with Crippen molar-refractivity contribution in [1.82, 2.24) is 5.32 Å². The van der Waals surface area contributed by atoms with E-state index in [4.69, 9.17) is 11.6 Å². The van der Waals surface area contributed by atoms with Gasteiger partial charge in [0.15, 0.2) is 0 Å². The quantitative estimate of drug-likeness (QED) is 0.607. The monoisotopic (exact) mass is 406 g/mol. The van der Waals surface area contributed by atoms with Crippen LogP contribution in [0.1, 0.15) is 13.8 Å². The average molecular weight is 407 g/mol. The third-order valence-corrected chi connectivity index (χ3v) is 3.99. The number of urea groups is 1. The molecule has 1 aliphatic heterocycles. The van der Waals surface area contributed by atoms with Gasteiger partial charge in [0.05, 0.1) is 10.7 Å². The third-order valence-electron chi connectivity index (χ3n) is 3.02. The predicted octanol–water partition coefficient (Wildman–Crippen LogP) is 2.80. The molecule has 106 valence electrons. The van der Waals surface area contributed by atoms with Crippen molar-refractivity contribution in [2.24, 2.45) is 11.8 Å². The fraction of sp³-hybridized carbons (Fsp3) is 0.308. The number of nitrogens with one attached hydrogen (secondary N) is 1. The van der Waals surface area contributed by atoms with Gasteiger partial charge in [0.1, 0.15) is 5.92 Å². The van der Waals surface area contributed by atoms with Gasteiger partial charge >= 0.3 is 6.03 Å². The Hall–Kier alpha value is -1.15. The zero-order valence-corrected chi connectivity index (χ0v) is 13.7. The Labute approximate surface area is 134 Å². The van der Waals surface area contributed by atoms with Crippen LogP contribution in [0, 0.1) is 15.4 Å². The molecule has 0 radical (unpaired) electrons. The van der Waals surface area contributed by atoms with Crippen LogP contribution < -0.4 is 10.2 Å². The van der Waals surface area contributed by atoms with Gasteiger partial charge < -0.3 is 0 Å². The number of anilines is 1. The summed E-state index contributed by atoms with van der Waals surface area (Å²) in [6, 6.07) is 4.22. The van der Waals surface area contributed by atoms with E-state index in [9.17, 15) is 14.4 Å². The van der Waals surface area contributed by atoms with Crippen LogP contribution in [0.3, 0.4) is 0 Å². The fourth-order valence-corrected chi connectivity index (χ4v) is 3.01. The van der Waals surface area contributed by atoms with Crippen LogP contribution in [-0.4, -0.2) is 17.8 Å². The molecule has 0 bridgehead atoms. The Morgan fingerprint density at radius 3 is 2.50 bits per heavy atom. The normalized spacial score (nSPS) is 19.6. The van der Waals surface area contributed by atoms with Crippen molar-refractivity contribution in [2.45, 2.75) is 13.8 Å². The summed E-state index contributed by atoms with van der Waals surface area (Å²) in [5.41, 5.74) is 0.285. The highest BCUT2D eigenvalue weighted by Gasteiger charge is 2.43. The van der Waals surface area contributed by atoms with Gasteiger partial charge in [-0.1, -0.05) is 25.4 Å². The number of imide groups is 2. The maximum atomic E-state index is 12.4. The Bertz CT molecular complexity index is 603. The molecule has 1 atom stereocenters. The molecule has 1 unspecified atom stereocenters. The van der Waals surface area contributed by atoms with Crippen LogP contribution in [0.2, 0.25) is 5.02 Å². The summed E-state index contributed by atoms with van der Waals surface area (Å²) >= 11 is 8.17. The minimum Gasteiger partial charge on any atom is -0.277 e. The Kier molecular flexibility index (Phi) is 4.33. The van der Waals surface area contributed by atoms with Gasteiger partial charge in [-0.15, -0.1) is 0 Å². The highest BCUT2D eigenvalue weighted by molar-refractivity contribution is 14.1. The molecule has 2 rings (SSSR count). The molecular formula is C13H12ClIN2O3. The van der Waals surface area contributed by atoms with Crippen LogP contribution in [0.5, 0.6) is 0 Å². The van der Waals surface area contributed by atoms with Crippen molar-refractivity contribution in [3.05, 3.63) is 26.8 Å². The van der Waals surface area contributed by atoms with Gasteiger partial charge in [0, 0.05) is 3.57 Å². The Morgan fingerprint density at radius 1 is 1.30 bits per heavy atom. The van der Waals surface area contributed by atoms with Gasteiger partial charge in [0.2, 0.25) is 11.8 Å². The number of hydrogen-bond acceptors (Lipinski definition) is 3. The second kappa shape index (κ2) is 5.69. The van der Waals surface area contributed by atoms with Gasteiger partial charge in [-0.3, -0.25) is 14.9 Å². The standard InChI is InChI=1S/C13H12ClIN2O3/c1-6(2)10-11(18)16-13(20)17(12(10)19)9-4-3-7(15)5-8(9)14/h3-6,10H,1-2H3,(H,16,18,20). The summed E-state index contributed by atoms with van der Waals surface area (Å²) in [5.74, 6) is -2.20. The molecule has 1 fully saturated rings. The van der Waals surface area contributed by atoms with Crippen molar-refractivity contribution in [3.8, 4) is 0 Å². The maximum Gasteiger partial charge on any atom is 0.335 e. The number of benzene rings is 1. The smallest absolute Gasteiger partial charge is 0.277 e. The first kappa shape index (κ1) is 15.2. The molecule has 0 aromatic heterocycles. The lowest BCUT2D eigenvalue weighted by atomic mass is 9.92. The molecule has 0 saturated carbocycles. The summed E-state index contributed by atoms with van der Waals surface area (Å²) in [6.45, 7) is 3.51. The molecule has 1 saturated heterocycles. The lowest BCUT2D eigenvalue weighted by molar-refractivity contribution is -0.136. The molecule has 4 amide bonds. The van der Waals surface area contributed by atoms with Crippen LogP contribution in [-0.2, 0) is 9.59 Å². The summed E-state index contributed by atoms with van der Waals surface area (Å²) < 4.78 is 0.887. The molecule has 20 heavy (non-hydrogen) atoms. The van der Waals surface area contributed by atoms with Crippen LogP contribution >= 0.6 is 34.2 Å². The van der Waals surface area contributed by atoms with Crippen molar-refractivity contribution < 1.29 is 14.4 Å². The summed E-state index contributed by atoms with van der Waals surface area (Å²) in [5, 5.41) is 2.49. The van der Waals surface area contributed by atoms with Crippen LogP contribution in [0.15, 0.2) is 18.2 Å².